The van der Waals surface area contributed by atoms with E-state index in [9.17, 15) is 0 Å². The molecule has 0 radical (unpaired) electrons. The fourth-order valence-corrected chi connectivity index (χ4v) is 3.56. The Morgan fingerprint density at radius 3 is 2.19 bits per heavy atom. The van der Waals surface area contributed by atoms with Crippen molar-refractivity contribution in [2.24, 2.45) is 0 Å². The van der Waals surface area contributed by atoms with Crippen LogP contribution in [0.25, 0.3) is 21.9 Å². The molecule has 0 bridgehead atoms. The van der Waals surface area contributed by atoms with Crippen molar-refractivity contribution < 1.29 is 73.8 Å². The number of fused-ring (bicyclic) bond motifs is 2. The molecule has 0 saturated heterocycles. The molecule has 136 valence electrons. The van der Waals surface area contributed by atoms with Crippen molar-refractivity contribution in [1.29, 1.82) is 0 Å². The molecule has 4 aromatic rings. The van der Waals surface area contributed by atoms with Crippen LogP contribution in [0.1, 0.15) is 24.0 Å². The summed E-state index contributed by atoms with van der Waals surface area (Å²) < 4.78 is 0. The molecule has 0 spiro atoms. The molecule has 27 heavy (non-hydrogen) atoms. The zero-order valence-corrected chi connectivity index (χ0v) is 23.1. The summed E-state index contributed by atoms with van der Waals surface area (Å²) in [6, 6.07) is 30.1. The van der Waals surface area contributed by atoms with E-state index in [-0.39, 0.29) is 73.8 Å². The SMILES string of the molecule is [Hf+4].[I-].[I-].c1cc2c([cH-]1)CCCC2.c1ccc(-c2cc3ccccc3[cH-]2)cc1. The molecule has 0 aromatic heterocycles. The van der Waals surface area contributed by atoms with Gasteiger partial charge in [-0.2, -0.15) is 23.3 Å². The normalized spacial score (nSPS) is 11.7. The van der Waals surface area contributed by atoms with Crippen LogP contribution in [0.4, 0.5) is 0 Å². The Morgan fingerprint density at radius 1 is 0.741 bits per heavy atom. The van der Waals surface area contributed by atoms with E-state index in [1.165, 1.54) is 47.6 Å². The number of rotatable bonds is 1. The van der Waals surface area contributed by atoms with Crippen molar-refractivity contribution >= 4 is 10.8 Å². The number of halogens is 2. The van der Waals surface area contributed by atoms with Gasteiger partial charge in [0, 0.05) is 0 Å². The summed E-state index contributed by atoms with van der Waals surface area (Å²) in [5.74, 6) is 0. The number of aryl methyl sites for hydroxylation is 2. The van der Waals surface area contributed by atoms with Crippen molar-refractivity contribution in [3.05, 3.63) is 96.1 Å². The first-order valence-electron chi connectivity index (χ1n) is 8.84. The van der Waals surface area contributed by atoms with Crippen LogP contribution < -0.4 is 48.0 Å². The predicted molar refractivity (Wildman–Crippen MR) is 104 cm³/mol. The van der Waals surface area contributed by atoms with Gasteiger partial charge in [-0.05, 0) is 0 Å². The molecule has 5 rings (SSSR count). The molecule has 0 nitrogen and oxygen atoms in total. The summed E-state index contributed by atoms with van der Waals surface area (Å²) >= 11 is 0. The molecule has 0 N–H and O–H groups in total. The average molecular weight is 743 g/mol. The maximum atomic E-state index is 2.26. The van der Waals surface area contributed by atoms with Crippen LogP contribution in [0.5, 0.6) is 0 Å². The van der Waals surface area contributed by atoms with E-state index in [0.29, 0.717) is 0 Å². The number of hydrogen-bond donors (Lipinski definition) is 0. The second-order valence-corrected chi connectivity index (χ2v) is 6.52. The minimum atomic E-state index is 0. The van der Waals surface area contributed by atoms with E-state index in [4.69, 9.17) is 0 Å². The Bertz CT molecular complexity index is 868. The molecule has 0 heterocycles. The first kappa shape index (κ1) is 24.8. The monoisotopic (exact) mass is 744 g/mol. The predicted octanol–water partition coefficient (Wildman–Crippen LogP) is 0.516. The number of hydrogen-bond acceptors (Lipinski definition) is 0. The Balaban J connectivity index is 0.000000266. The smallest absolute Gasteiger partial charge is 1.00 e. The quantitative estimate of drug-likeness (QED) is 0.152. The molecular formula is C24H22HfI2. The molecule has 0 fully saturated rings. The molecule has 1 aliphatic carbocycles. The third kappa shape index (κ3) is 6.36. The fraction of sp³-hybridized carbons (Fsp3) is 0.167. The molecule has 0 amide bonds. The van der Waals surface area contributed by atoms with Crippen molar-refractivity contribution in [3.8, 4) is 11.1 Å². The van der Waals surface area contributed by atoms with E-state index in [2.05, 4.69) is 78.9 Å². The Kier molecular flexibility index (Phi) is 11.3. The van der Waals surface area contributed by atoms with E-state index in [0.717, 1.165) is 0 Å². The second kappa shape index (κ2) is 12.3. The van der Waals surface area contributed by atoms with Crippen molar-refractivity contribution in [2.45, 2.75) is 25.7 Å². The average Bonchev–Trinajstić information content (AvgIpc) is 3.29. The van der Waals surface area contributed by atoms with Crippen molar-refractivity contribution in [2.75, 3.05) is 0 Å². The summed E-state index contributed by atoms with van der Waals surface area (Å²) in [5.41, 5.74) is 5.79. The van der Waals surface area contributed by atoms with Crippen LogP contribution in [0, 0.1) is 0 Å². The Hall–Kier alpha value is -0.270. The summed E-state index contributed by atoms with van der Waals surface area (Å²) in [6.45, 7) is 0. The van der Waals surface area contributed by atoms with Crippen LogP contribution in [0.2, 0.25) is 0 Å². The van der Waals surface area contributed by atoms with Crippen LogP contribution in [0.3, 0.4) is 0 Å². The largest absolute Gasteiger partial charge is 4.00 e. The van der Waals surface area contributed by atoms with Gasteiger partial charge in [-0.3, -0.25) is 0 Å². The maximum absolute atomic E-state index is 2.26. The topological polar surface area (TPSA) is 0 Å². The van der Waals surface area contributed by atoms with E-state index in [1.807, 2.05) is 6.07 Å². The Labute approximate surface area is 215 Å². The zero-order chi connectivity index (χ0) is 16.2. The van der Waals surface area contributed by atoms with Crippen LogP contribution in [-0.4, -0.2) is 0 Å². The molecule has 0 atom stereocenters. The molecule has 1 aliphatic rings. The molecule has 0 unspecified atom stereocenters. The van der Waals surface area contributed by atoms with Gasteiger partial charge in [-0.15, -0.1) is 34.5 Å². The molecule has 0 aliphatic heterocycles. The third-order valence-electron chi connectivity index (χ3n) is 4.87. The van der Waals surface area contributed by atoms with Gasteiger partial charge in [0.1, 0.15) is 0 Å². The summed E-state index contributed by atoms with van der Waals surface area (Å²) in [7, 11) is 0. The maximum Gasteiger partial charge on any atom is 4.00 e. The fourth-order valence-electron chi connectivity index (χ4n) is 3.56. The van der Waals surface area contributed by atoms with Gasteiger partial charge in [0.25, 0.3) is 0 Å². The molecule has 3 heteroatoms. The molecular weight excluding hydrogens is 721 g/mol. The van der Waals surface area contributed by atoms with Crippen molar-refractivity contribution in [1.82, 2.24) is 0 Å². The summed E-state index contributed by atoms with van der Waals surface area (Å²) in [6.07, 6.45) is 5.44. The summed E-state index contributed by atoms with van der Waals surface area (Å²) in [5, 5.41) is 2.63. The second-order valence-electron chi connectivity index (χ2n) is 6.52. The van der Waals surface area contributed by atoms with E-state index in [1.54, 1.807) is 11.1 Å². The van der Waals surface area contributed by atoms with Crippen molar-refractivity contribution in [3.63, 3.8) is 0 Å². The van der Waals surface area contributed by atoms with Gasteiger partial charge in [0.15, 0.2) is 0 Å². The third-order valence-corrected chi connectivity index (χ3v) is 4.87. The van der Waals surface area contributed by atoms with Gasteiger partial charge in [-0.1, -0.05) is 79.8 Å². The van der Waals surface area contributed by atoms with E-state index >= 15 is 0 Å². The van der Waals surface area contributed by atoms with Gasteiger partial charge in [0.2, 0.25) is 0 Å². The zero-order valence-electron chi connectivity index (χ0n) is 15.2. The van der Waals surface area contributed by atoms with Crippen LogP contribution in [0.15, 0.2) is 84.9 Å². The van der Waals surface area contributed by atoms with E-state index < -0.39 is 0 Å². The van der Waals surface area contributed by atoms with Gasteiger partial charge >= 0.3 is 25.8 Å². The molecule has 4 aromatic carbocycles. The Morgan fingerprint density at radius 2 is 1.44 bits per heavy atom. The van der Waals surface area contributed by atoms with Gasteiger partial charge < -0.3 is 48.0 Å². The first-order chi connectivity index (χ1) is 11.9. The van der Waals surface area contributed by atoms with Gasteiger partial charge in [-0.25, -0.2) is 6.07 Å². The standard InChI is InChI=1S/C15H11.C9H11.Hf.2HI/c1-2-6-12(7-3-1)15-10-13-8-4-5-9-14(13)11-15;1-2-5-9-7-3-6-8(9)4-1;;;/h1-11H;3,6-7H,1-2,4-5H2;;2*1H/q2*-1;+4;;/p-2. The number of benzene rings is 2. The first-order valence-corrected chi connectivity index (χ1v) is 8.84. The van der Waals surface area contributed by atoms with Crippen LogP contribution in [-0.2, 0) is 38.7 Å². The van der Waals surface area contributed by atoms with Crippen LogP contribution >= 0.6 is 0 Å². The molecule has 0 saturated carbocycles. The summed E-state index contributed by atoms with van der Waals surface area (Å²) in [4.78, 5) is 0. The van der Waals surface area contributed by atoms with Gasteiger partial charge in [0.05, 0.1) is 0 Å². The minimum absolute atomic E-state index is 0. The minimum Gasteiger partial charge on any atom is -1.00 e.